The van der Waals surface area contributed by atoms with Crippen LogP contribution in [-0.2, 0) is 9.53 Å². The predicted octanol–water partition coefficient (Wildman–Crippen LogP) is 2.41. The predicted molar refractivity (Wildman–Crippen MR) is 97.9 cm³/mol. The van der Waals surface area contributed by atoms with Crippen LogP contribution in [0.4, 0.5) is 0 Å². The molecule has 26 heavy (non-hydrogen) atoms. The normalized spacial score (nSPS) is 24.0. The minimum absolute atomic E-state index is 0.0596. The molecule has 1 aromatic carbocycles. The minimum Gasteiger partial charge on any atom is -0.486 e. The molecular weight excluding hydrogens is 332 g/mol. The van der Waals surface area contributed by atoms with Crippen molar-refractivity contribution in [2.24, 2.45) is 11.7 Å². The first-order valence-electron chi connectivity index (χ1n) is 9.55. The minimum atomic E-state index is -0.467. The van der Waals surface area contributed by atoms with E-state index in [1.165, 1.54) is 19.3 Å². The Kier molecular flexibility index (Phi) is 6.50. The summed E-state index contributed by atoms with van der Waals surface area (Å²) in [7, 11) is 0. The maximum absolute atomic E-state index is 12.4. The van der Waals surface area contributed by atoms with E-state index >= 15 is 0 Å². The van der Waals surface area contributed by atoms with Crippen LogP contribution in [0.5, 0.6) is 5.75 Å². The van der Waals surface area contributed by atoms with E-state index in [2.05, 4.69) is 5.32 Å². The van der Waals surface area contributed by atoms with Gasteiger partial charge in [-0.25, -0.2) is 0 Å². The highest BCUT2D eigenvalue weighted by Crippen LogP contribution is 2.26. The summed E-state index contributed by atoms with van der Waals surface area (Å²) in [4.78, 5) is 23.6. The van der Waals surface area contributed by atoms with E-state index in [1.807, 2.05) is 0 Å². The molecular formula is C20H28N2O4. The fourth-order valence-electron chi connectivity index (χ4n) is 3.78. The molecule has 0 radical (unpaired) electrons. The summed E-state index contributed by atoms with van der Waals surface area (Å²) in [5.74, 6) is 0.799. The third kappa shape index (κ3) is 5.21. The number of amides is 2. The SMILES string of the molecule is NC(=O)c1ccc(O[C@@H]2COCC[C@H]2NC(=O)CC2CCCCC2)cc1. The summed E-state index contributed by atoms with van der Waals surface area (Å²) in [6, 6.07) is 6.65. The Balaban J connectivity index is 1.54. The molecule has 0 spiro atoms. The molecule has 6 nitrogen and oxygen atoms in total. The standard InChI is InChI=1S/C20H28N2O4/c21-20(24)15-6-8-16(9-7-15)26-18-13-25-11-10-17(18)22-19(23)12-14-4-2-1-3-5-14/h6-9,14,17-18H,1-5,10-13H2,(H2,21,24)(H,22,23)/t17-,18-/m1/s1. The van der Waals surface area contributed by atoms with E-state index in [4.69, 9.17) is 15.2 Å². The molecule has 1 saturated heterocycles. The lowest BCUT2D eigenvalue weighted by Gasteiger charge is -2.33. The molecule has 1 heterocycles. The number of carbonyl (C=O) groups is 2. The van der Waals surface area contributed by atoms with Crippen LogP contribution in [0.25, 0.3) is 0 Å². The summed E-state index contributed by atoms with van der Waals surface area (Å²) in [6.07, 6.45) is 7.20. The molecule has 2 aliphatic rings. The fourth-order valence-corrected chi connectivity index (χ4v) is 3.78. The van der Waals surface area contributed by atoms with Crippen LogP contribution in [-0.4, -0.2) is 37.2 Å². The third-order valence-electron chi connectivity index (χ3n) is 5.28. The van der Waals surface area contributed by atoms with Crippen LogP contribution in [0, 0.1) is 5.92 Å². The van der Waals surface area contributed by atoms with Crippen LogP contribution in [0.15, 0.2) is 24.3 Å². The Morgan fingerprint density at radius 1 is 1.12 bits per heavy atom. The van der Waals surface area contributed by atoms with Gasteiger partial charge in [-0.15, -0.1) is 0 Å². The van der Waals surface area contributed by atoms with E-state index in [0.717, 1.165) is 19.3 Å². The van der Waals surface area contributed by atoms with Crippen molar-refractivity contribution in [3.63, 3.8) is 0 Å². The topological polar surface area (TPSA) is 90.7 Å². The van der Waals surface area contributed by atoms with Crippen LogP contribution in [0.2, 0.25) is 0 Å². The number of rotatable bonds is 6. The first-order chi connectivity index (χ1) is 12.6. The van der Waals surface area contributed by atoms with E-state index in [9.17, 15) is 9.59 Å². The second-order valence-electron chi connectivity index (χ2n) is 7.29. The zero-order chi connectivity index (χ0) is 18.4. The van der Waals surface area contributed by atoms with Gasteiger partial charge in [0.15, 0.2) is 0 Å². The number of ether oxygens (including phenoxy) is 2. The number of benzene rings is 1. The van der Waals surface area contributed by atoms with E-state index < -0.39 is 5.91 Å². The average molecular weight is 360 g/mol. The van der Waals surface area contributed by atoms with Gasteiger partial charge < -0.3 is 20.5 Å². The Labute approximate surface area is 154 Å². The second-order valence-corrected chi connectivity index (χ2v) is 7.29. The van der Waals surface area contributed by atoms with Crippen LogP contribution < -0.4 is 15.8 Å². The van der Waals surface area contributed by atoms with Gasteiger partial charge in [0.05, 0.1) is 12.6 Å². The van der Waals surface area contributed by atoms with Crippen LogP contribution in [0.1, 0.15) is 55.3 Å². The van der Waals surface area contributed by atoms with E-state index in [1.54, 1.807) is 24.3 Å². The lowest BCUT2D eigenvalue weighted by Crippen LogP contribution is -2.51. The molecule has 0 bridgehead atoms. The van der Waals surface area contributed by atoms with Crippen LogP contribution in [0.3, 0.4) is 0 Å². The average Bonchev–Trinajstić information content (AvgIpc) is 2.64. The third-order valence-corrected chi connectivity index (χ3v) is 5.28. The van der Waals surface area contributed by atoms with Gasteiger partial charge in [-0.1, -0.05) is 19.3 Å². The van der Waals surface area contributed by atoms with Gasteiger partial charge >= 0.3 is 0 Å². The van der Waals surface area contributed by atoms with Crippen molar-refractivity contribution >= 4 is 11.8 Å². The number of nitrogens with one attached hydrogen (secondary N) is 1. The van der Waals surface area contributed by atoms with Gasteiger partial charge in [0, 0.05) is 18.6 Å². The first kappa shape index (κ1) is 18.7. The van der Waals surface area contributed by atoms with Crippen molar-refractivity contribution in [1.29, 1.82) is 0 Å². The Hall–Kier alpha value is -2.08. The molecule has 2 amide bonds. The maximum Gasteiger partial charge on any atom is 0.248 e. The summed E-state index contributed by atoms with van der Waals surface area (Å²) < 4.78 is 11.5. The molecule has 1 saturated carbocycles. The number of hydrogen-bond donors (Lipinski definition) is 2. The molecule has 2 fully saturated rings. The molecule has 0 unspecified atom stereocenters. The Morgan fingerprint density at radius 3 is 2.54 bits per heavy atom. The highest BCUT2D eigenvalue weighted by atomic mass is 16.5. The van der Waals surface area contributed by atoms with Gasteiger partial charge in [-0.3, -0.25) is 9.59 Å². The molecule has 1 aromatic rings. The second kappa shape index (κ2) is 9.03. The summed E-state index contributed by atoms with van der Waals surface area (Å²) >= 11 is 0. The quantitative estimate of drug-likeness (QED) is 0.815. The largest absolute Gasteiger partial charge is 0.486 e. The lowest BCUT2D eigenvalue weighted by molar-refractivity contribution is -0.125. The summed E-state index contributed by atoms with van der Waals surface area (Å²) in [5.41, 5.74) is 5.69. The van der Waals surface area contributed by atoms with Crippen molar-refractivity contribution in [3.8, 4) is 5.75 Å². The summed E-state index contributed by atoms with van der Waals surface area (Å²) in [5, 5.41) is 3.15. The lowest BCUT2D eigenvalue weighted by atomic mass is 9.86. The Bertz CT molecular complexity index is 611. The zero-order valence-electron chi connectivity index (χ0n) is 15.1. The molecule has 1 aliphatic carbocycles. The van der Waals surface area contributed by atoms with Gasteiger partial charge in [0.1, 0.15) is 11.9 Å². The molecule has 1 aliphatic heterocycles. The smallest absolute Gasteiger partial charge is 0.248 e. The molecule has 142 valence electrons. The number of hydrogen-bond acceptors (Lipinski definition) is 4. The number of primary amides is 1. The van der Waals surface area contributed by atoms with Crippen molar-refractivity contribution in [2.45, 2.75) is 57.1 Å². The van der Waals surface area contributed by atoms with Gasteiger partial charge in [-0.2, -0.15) is 0 Å². The van der Waals surface area contributed by atoms with Crippen molar-refractivity contribution in [2.75, 3.05) is 13.2 Å². The zero-order valence-corrected chi connectivity index (χ0v) is 15.1. The Morgan fingerprint density at radius 2 is 1.85 bits per heavy atom. The summed E-state index contributed by atoms with van der Waals surface area (Å²) in [6.45, 7) is 1.06. The molecule has 0 aromatic heterocycles. The van der Waals surface area contributed by atoms with Crippen molar-refractivity contribution in [1.82, 2.24) is 5.32 Å². The van der Waals surface area contributed by atoms with Gasteiger partial charge in [-0.05, 0) is 49.4 Å². The maximum atomic E-state index is 12.4. The highest BCUT2D eigenvalue weighted by Gasteiger charge is 2.29. The highest BCUT2D eigenvalue weighted by molar-refractivity contribution is 5.92. The van der Waals surface area contributed by atoms with Crippen LogP contribution >= 0.6 is 0 Å². The van der Waals surface area contributed by atoms with Gasteiger partial charge in [0.25, 0.3) is 0 Å². The molecule has 3 N–H and O–H groups in total. The first-order valence-corrected chi connectivity index (χ1v) is 9.55. The fraction of sp³-hybridized carbons (Fsp3) is 0.600. The van der Waals surface area contributed by atoms with Gasteiger partial charge in [0.2, 0.25) is 11.8 Å². The number of carbonyl (C=O) groups excluding carboxylic acids is 2. The molecule has 2 atom stereocenters. The molecule has 3 rings (SSSR count). The molecule has 6 heteroatoms. The number of nitrogens with two attached hydrogens (primary N) is 1. The van der Waals surface area contributed by atoms with E-state index in [0.29, 0.717) is 36.9 Å². The monoisotopic (exact) mass is 360 g/mol. The van der Waals surface area contributed by atoms with E-state index in [-0.39, 0.29) is 18.1 Å². The van der Waals surface area contributed by atoms with Crippen molar-refractivity contribution in [3.05, 3.63) is 29.8 Å². The van der Waals surface area contributed by atoms with Crippen molar-refractivity contribution < 1.29 is 19.1 Å².